The summed E-state index contributed by atoms with van der Waals surface area (Å²) in [5, 5.41) is 0. The van der Waals surface area contributed by atoms with Gasteiger partial charge in [0.25, 0.3) is 0 Å². The molecule has 1 aromatic carbocycles. The minimum atomic E-state index is 0.348. The van der Waals surface area contributed by atoms with E-state index in [-0.39, 0.29) is 0 Å². The lowest BCUT2D eigenvalue weighted by molar-refractivity contribution is 0.0952. The molecule has 1 rings (SSSR count). The van der Waals surface area contributed by atoms with Crippen LogP contribution in [0.1, 0.15) is 38.7 Å². The first-order chi connectivity index (χ1) is 8.30. The highest BCUT2D eigenvalue weighted by Gasteiger charge is 2.09. The van der Waals surface area contributed by atoms with Crippen LogP contribution < -0.4 is 0 Å². The van der Waals surface area contributed by atoms with Crippen molar-refractivity contribution in [2.24, 2.45) is 0 Å². The van der Waals surface area contributed by atoms with Gasteiger partial charge in [0.1, 0.15) is 0 Å². The Hall–Kier alpha value is -1.08. The molecule has 0 saturated carbocycles. The molecule has 0 bridgehead atoms. The van der Waals surface area contributed by atoms with Crippen molar-refractivity contribution < 1.29 is 4.74 Å². The summed E-state index contributed by atoms with van der Waals surface area (Å²) >= 11 is 0. The summed E-state index contributed by atoms with van der Waals surface area (Å²) in [6.45, 7) is 4.32. The second-order valence-electron chi connectivity index (χ2n) is 4.39. The summed E-state index contributed by atoms with van der Waals surface area (Å²) in [7, 11) is 1.82. The van der Waals surface area contributed by atoms with Crippen LogP contribution in [-0.4, -0.2) is 13.2 Å². The average molecular weight is 232 g/mol. The highest BCUT2D eigenvalue weighted by molar-refractivity contribution is 5.15. The van der Waals surface area contributed by atoms with Gasteiger partial charge in [-0.05, 0) is 38.2 Å². The van der Waals surface area contributed by atoms with Crippen LogP contribution in [0, 0.1) is 0 Å². The molecule has 0 radical (unpaired) electrons. The molecule has 0 aliphatic carbocycles. The number of methoxy groups -OCH3 is 1. The van der Waals surface area contributed by atoms with E-state index in [2.05, 4.69) is 50.3 Å². The summed E-state index contributed by atoms with van der Waals surface area (Å²) in [4.78, 5) is 0. The van der Waals surface area contributed by atoms with E-state index >= 15 is 0 Å². The number of rotatable bonds is 7. The molecule has 1 atom stereocenters. The number of allylic oxidation sites excluding steroid dienone is 1. The van der Waals surface area contributed by atoms with Crippen LogP contribution in [0.15, 0.2) is 42.0 Å². The van der Waals surface area contributed by atoms with Gasteiger partial charge >= 0.3 is 0 Å². The van der Waals surface area contributed by atoms with Crippen LogP contribution in [-0.2, 0) is 11.2 Å². The second-order valence-corrected chi connectivity index (χ2v) is 4.39. The van der Waals surface area contributed by atoms with Crippen LogP contribution in [0.3, 0.4) is 0 Å². The van der Waals surface area contributed by atoms with E-state index in [0.717, 1.165) is 25.7 Å². The fourth-order valence-electron chi connectivity index (χ4n) is 2.03. The monoisotopic (exact) mass is 232 g/mol. The Balaban J connectivity index is 2.42. The van der Waals surface area contributed by atoms with Crippen molar-refractivity contribution in [2.45, 2.75) is 45.6 Å². The number of aryl methyl sites for hydroxylation is 1. The maximum atomic E-state index is 5.57. The minimum absolute atomic E-state index is 0.348. The van der Waals surface area contributed by atoms with Crippen LogP contribution in [0.5, 0.6) is 0 Å². The molecule has 0 N–H and O–H groups in total. The van der Waals surface area contributed by atoms with E-state index in [1.54, 1.807) is 0 Å². The van der Waals surface area contributed by atoms with Crippen LogP contribution in [0.2, 0.25) is 0 Å². The molecule has 0 fully saturated rings. The quantitative estimate of drug-likeness (QED) is 0.634. The summed E-state index contributed by atoms with van der Waals surface area (Å²) in [5.74, 6) is 0. The molecule has 17 heavy (non-hydrogen) atoms. The molecule has 94 valence electrons. The molecular weight excluding hydrogens is 208 g/mol. The molecule has 0 aliphatic heterocycles. The van der Waals surface area contributed by atoms with E-state index in [1.807, 2.05) is 7.11 Å². The summed E-state index contributed by atoms with van der Waals surface area (Å²) < 4.78 is 5.57. The van der Waals surface area contributed by atoms with Gasteiger partial charge in [0.2, 0.25) is 0 Å². The maximum absolute atomic E-state index is 5.57. The number of ether oxygens (including phenoxy) is 1. The Morgan fingerprint density at radius 3 is 2.53 bits per heavy atom. The smallest absolute Gasteiger partial charge is 0.0611 e. The van der Waals surface area contributed by atoms with Crippen molar-refractivity contribution in [1.82, 2.24) is 0 Å². The van der Waals surface area contributed by atoms with Gasteiger partial charge in [-0.1, -0.05) is 48.9 Å². The fraction of sp³-hybridized carbons (Fsp3) is 0.500. The van der Waals surface area contributed by atoms with Crippen molar-refractivity contribution in [3.05, 3.63) is 47.5 Å². The third-order valence-corrected chi connectivity index (χ3v) is 3.28. The molecule has 1 aromatic rings. The molecular formula is C16H24O. The van der Waals surface area contributed by atoms with Gasteiger partial charge in [0.05, 0.1) is 6.10 Å². The first kappa shape index (κ1) is 14.0. The van der Waals surface area contributed by atoms with Gasteiger partial charge < -0.3 is 4.74 Å². The number of hydrogen-bond donors (Lipinski definition) is 0. The molecule has 1 nitrogen and oxygen atoms in total. The maximum Gasteiger partial charge on any atom is 0.0611 e. The number of hydrogen-bond acceptors (Lipinski definition) is 1. The third kappa shape index (κ3) is 5.18. The molecule has 0 amide bonds. The first-order valence-electron chi connectivity index (χ1n) is 6.50. The highest BCUT2D eigenvalue weighted by Crippen LogP contribution is 2.16. The molecule has 0 saturated heterocycles. The lowest BCUT2D eigenvalue weighted by atomic mass is 10.00. The average Bonchev–Trinajstić information content (AvgIpc) is 2.40. The Labute approximate surface area is 106 Å². The Bertz CT molecular complexity index is 327. The van der Waals surface area contributed by atoms with E-state index in [0.29, 0.717) is 6.10 Å². The Morgan fingerprint density at radius 2 is 2.00 bits per heavy atom. The van der Waals surface area contributed by atoms with Crippen molar-refractivity contribution in [3.8, 4) is 0 Å². The summed E-state index contributed by atoms with van der Waals surface area (Å²) in [6, 6.07) is 10.6. The molecule has 0 spiro atoms. The van der Waals surface area contributed by atoms with Crippen molar-refractivity contribution in [2.75, 3.05) is 7.11 Å². The lowest BCUT2D eigenvalue weighted by Crippen LogP contribution is -2.12. The zero-order valence-corrected chi connectivity index (χ0v) is 11.3. The summed E-state index contributed by atoms with van der Waals surface area (Å²) in [5.41, 5.74) is 2.89. The molecule has 1 unspecified atom stereocenters. The van der Waals surface area contributed by atoms with Crippen LogP contribution >= 0.6 is 0 Å². The standard InChI is InChI=1S/C16H24O/c1-4-14(5-2)13-16(17-3)12-11-15-9-7-6-8-10-15/h4,6-10,16H,5,11-13H2,1-3H3/b14-4+. The Morgan fingerprint density at radius 1 is 1.29 bits per heavy atom. The third-order valence-electron chi connectivity index (χ3n) is 3.28. The molecule has 0 heterocycles. The van der Waals surface area contributed by atoms with Crippen molar-refractivity contribution in [3.63, 3.8) is 0 Å². The van der Waals surface area contributed by atoms with Gasteiger partial charge in [-0.3, -0.25) is 0 Å². The number of benzene rings is 1. The van der Waals surface area contributed by atoms with Gasteiger partial charge in [-0.2, -0.15) is 0 Å². The Kier molecular flexibility index (Phi) is 6.64. The predicted octanol–water partition coefficient (Wildman–Crippen LogP) is 4.38. The minimum Gasteiger partial charge on any atom is -0.381 e. The largest absolute Gasteiger partial charge is 0.381 e. The predicted molar refractivity (Wildman–Crippen MR) is 74.2 cm³/mol. The van der Waals surface area contributed by atoms with E-state index in [1.165, 1.54) is 11.1 Å². The van der Waals surface area contributed by atoms with Crippen LogP contribution in [0.25, 0.3) is 0 Å². The fourth-order valence-corrected chi connectivity index (χ4v) is 2.03. The second kappa shape index (κ2) is 8.08. The highest BCUT2D eigenvalue weighted by atomic mass is 16.5. The van der Waals surface area contributed by atoms with Gasteiger partial charge in [0, 0.05) is 7.11 Å². The lowest BCUT2D eigenvalue weighted by Gasteiger charge is -2.16. The van der Waals surface area contributed by atoms with E-state index in [4.69, 9.17) is 4.74 Å². The topological polar surface area (TPSA) is 9.23 Å². The SMILES string of the molecule is C/C=C(\CC)CC(CCc1ccccc1)OC. The summed E-state index contributed by atoms with van der Waals surface area (Å²) in [6.07, 6.45) is 6.95. The van der Waals surface area contributed by atoms with Crippen molar-refractivity contribution in [1.29, 1.82) is 0 Å². The van der Waals surface area contributed by atoms with E-state index in [9.17, 15) is 0 Å². The van der Waals surface area contributed by atoms with Gasteiger partial charge in [-0.15, -0.1) is 0 Å². The van der Waals surface area contributed by atoms with Crippen molar-refractivity contribution >= 4 is 0 Å². The van der Waals surface area contributed by atoms with Crippen LogP contribution in [0.4, 0.5) is 0 Å². The molecule has 0 aromatic heterocycles. The first-order valence-corrected chi connectivity index (χ1v) is 6.50. The van der Waals surface area contributed by atoms with Gasteiger partial charge in [-0.25, -0.2) is 0 Å². The zero-order chi connectivity index (χ0) is 12.5. The molecule has 1 heteroatoms. The van der Waals surface area contributed by atoms with Gasteiger partial charge in [0.15, 0.2) is 0 Å². The molecule has 0 aliphatic rings. The normalized spacial score (nSPS) is 13.7. The van der Waals surface area contributed by atoms with E-state index < -0.39 is 0 Å². The zero-order valence-electron chi connectivity index (χ0n) is 11.3.